The van der Waals surface area contributed by atoms with E-state index in [0.717, 1.165) is 6.42 Å². The Morgan fingerprint density at radius 2 is 2.19 bits per heavy atom. The van der Waals surface area contributed by atoms with Crippen molar-refractivity contribution in [3.8, 4) is 0 Å². The molecule has 21 heavy (non-hydrogen) atoms. The van der Waals surface area contributed by atoms with E-state index in [4.69, 9.17) is 9.15 Å². The van der Waals surface area contributed by atoms with Crippen molar-refractivity contribution in [1.29, 1.82) is 0 Å². The van der Waals surface area contributed by atoms with Gasteiger partial charge in [0.1, 0.15) is 0 Å². The molecule has 0 unspecified atom stereocenters. The average Bonchev–Trinajstić information content (AvgIpc) is 3.05. The van der Waals surface area contributed by atoms with Crippen molar-refractivity contribution in [1.82, 2.24) is 10.2 Å². The zero-order valence-electron chi connectivity index (χ0n) is 12.3. The Labute approximate surface area is 124 Å². The lowest BCUT2D eigenvalue weighted by molar-refractivity contribution is -0.126. The molecule has 1 saturated heterocycles. The van der Waals surface area contributed by atoms with Crippen LogP contribution in [0.4, 0.5) is 0 Å². The maximum Gasteiger partial charge on any atom is 0.289 e. The number of amides is 2. The summed E-state index contributed by atoms with van der Waals surface area (Å²) in [6.45, 7) is 2.47. The molecule has 6 nitrogen and oxygen atoms in total. The lowest BCUT2D eigenvalue weighted by Gasteiger charge is -2.30. The molecule has 0 atom stereocenters. The Morgan fingerprint density at radius 3 is 2.81 bits per heavy atom. The Bertz CT molecular complexity index is 450. The molecule has 1 aliphatic rings. The highest BCUT2D eigenvalue weighted by Crippen LogP contribution is 2.19. The zero-order valence-corrected chi connectivity index (χ0v) is 12.3. The van der Waals surface area contributed by atoms with E-state index < -0.39 is 0 Å². The minimum absolute atomic E-state index is 0.00630. The van der Waals surface area contributed by atoms with Crippen LogP contribution in [0, 0.1) is 5.92 Å². The summed E-state index contributed by atoms with van der Waals surface area (Å²) in [5.74, 6) is 0.334. The summed E-state index contributed by atoms with van der Waals surface area (Å²) >= 11 is 0. The predicted molar refractivity (Wildman–Crippen MR) is 76.8 cm³/mol. The van der Waals surface area contributed by atoms with Gasteiger partial charge in [0, 0.05) is 39.3 Å². The largest absolute Gasteiger partial charge is 0.459 e. The third-order valence-electron chi connectivity index (χ3n) is 3.71. The van der Waals surface area contributed by atoms with E-state index >= 15 is 0 Å². The fourth-order valence-electron chi connectivity index (χ4n) is 2.47. The first-order valence-electron chi connectivity index (χ1n) is 7.32. The zero-order chi connectivity index (χ0) is 15.1. The molecule has 2 amide bonds. The first kappa shape index (κ1) is 15.6. The summed E-state index contributed by atoms with van der Waals surface area (Å²) in [5, 5.41) is 2.92. The minimum atomic E-state index is -0.0982. The van der Waals surface area contributed by atoms with Crippen LogP contribution in [0.25, 0.3) is 0 Å². The van der Waals surface area contributed by atoms with E-state index in [2.05, 4.69) is 5.32 Å². The second-order valence-electron chi connectivity index (χ2n) is 5.18. The number of nitrogens with zero attached hydrogens (tertiary/aromatic N) is 1. The topological polar surface area (TPSA) is 71.8 Å². The second-order valence-corrected chi connectivity index (χ2v) is 5.18. The molecular formula is C15H22N2O4. The Kier molecular flexibility index (Phi) is 5.80. The molecular weight excluding hydrogens is 272 g/mol. The molecule has 0 spiro atoms. The van der Waals surface area contributed by atoms with E-state index in [1.807, 2.05) is 0 Å². The van der Waals surface area contributed by atoms with Crippen LogP contribution in [0.2, 0.25) is 0 Å². The number of carbonyl (C=O) groups is 2. The molecule has 1 aromatic rings. The van der Waals surface area contributed by atoms with Crippen LogP contribution >= 0.6 is 0 Å². The van der Waals surface area contributed by atoms with Gasteiger partial charge in [-0.1, -0.05) is 0 Å². The standard InChI is InChI=1S/C15H22N2O4/c1-20-10-3-7-16-14(18)12-5-8-17(9-6-12)15(19)13-4-2-11-21-13/h2,4,11-12H,3,5-10H2,1H3,(H,16,18). The van der Waals surface area contributed by atoms with E-state index in [1.54, 1.807) is 24.1 Å². The van der Waals surface area contributed by atoms with E-state index in [9.17, 15) is 9.59 Å². The number of rotatable bonds is 6. The van der Waals surface area contributed by atoms with Crippen molar-refractivity contribution in [3.63, 3.8) is 0 Å². The third-order valence-corrected chi connectivity index (χ3v) is 3.71. The molecule has 116 valence electrons. The Balaban J connectivity index is 1.72. The molecule has 6 heteroatoms. The molecule has 2 heterocycles. The van der Waals surface area contributed by atoms with Crippen LogP contribution in [0.15, 0.2) is 22.8 Å². The Hall–Kier alpha value is -1.82. The molecule has 1 fully saturated rings. The van der Waals surface area contributed by atoms with Gasteiger partial charge in [-0.3, -0.25) is 9.59 Å². The van der Waals surface area contributed by atoms with Gasteiger partial charge in [-0.05, 0) is 31.4 Å². The highest BCUT2D eigenvalue weighted by atomic mass is 16.5. The van der Waals surface area contributed by atoms with Crippen molar-refractivity contribution < 1.29 is 18.7 Å². The van der Waals surface area contributed by atoms with Crippen LogP contribution < -0.4 is 5.32 Å². The molecule has 0 aromatic carbocycles. The number of methoxy groups -OCH3 is 1. The SMILES string of the molecule is COCCCNC(=O)C1CCN(C(=O)c2ccco2)CC1. The smallest absolute Gasteiger partial charge is 0.289 e. The van der Waals surface area contributed by atoms with Gasteiger partial charge in [0.15, 0.2) is 5.76 Å². The number of piperidine rings is 1. The van der Waals surface area contributed by atoms with Gasteiger partial charge in [0.2, 0.25) is 5.91 Å². The van der Waals surface area contributed by atoms with Crippen molar-refractivity contribution in [2.75, 3.05) is 33.4 Å². The highest BCUT2D eigenvalue weighted by Gasteiger charge is 2.28. The first-order valence-corrected chi connectivity index (χ1v) is 7.32. The Morgan fingerprint density at radius 1 is 1.43 bits per heavy atom. The van der Waals surface area contributed by atoms with E-state index in [1.165, 1.54) is 6.26 Å². The summed E-state index contributed by atoms with van der Waals surface area (Å²) in [6, 6.07) is 3.37. The van der Waals surface area contributed by atoms with Crippen LogP contribution in [0.3, 0.4) is 0 Å². The predicted octanol–water partition coefficient (Wildman–Crippen LogP) is 1.28. The molecule has 0 bridgehead atoms. The molecule has 2 rings (SSSR count). The monoisotopic (exact) mass is 294 g/mol. The van der Waals surface area contributed by atoms with Crippen molar-refractivity contribution in [3.05, 3.63) is 24.2 Å². The molecule has 0 saturated carbocycles. The quantitative estimate of drug-likeness (QED) is 0.802. The number of hydrogen-bond donors (Lipinski definition) is 1. The first-order chi connectivity index (χ1) is 10.2. The molecule has 1 aromatic heterocycles. The fraction of sp³-hybridized carbons (Fsp3) is 0.600. The highest BCUT2D eigenvalue weighted by molar-refractivity contribution is 5.91. The number of hydrogen-bond acceptors (Lipinski definition) is 4. The minimum Gasteiger partial charge on any atom is -0.459 e. The van der Waals surface area contributed by atoms with E-state index in [0.29, 0.717) is 44.8 Å². The van der Waals surface area contributed by atoms with Crippen LogP contribution in [-0.2, 0) is 9.53 Å². The summed E-state index contributed by atoms with van der Waals surface area (Å²) in [7, 11) is 1.65. The van der Waals surface area contributed by atoms with Crippen LogP contribution in [-0.4, -0.2) is 50.1 Å². The molecule has 0 aliphatic carbocycles. The van der Waals surface area contributed by atoms with Crippen molar-refractivity contribution >= 4 is 11.8 Å². The number of ether oxygens (including phenoxy) is 1. The van der Waals surface area contributed by atoms with Crippen LogP contribution in [0.1, 0.15) is 29.8 Å². The maximum atomic E-state index is 12.1. The van der Waals surface area contributed by atoms with Gasteiger partial charge in [0.25, 0.3) is 5.91 Å². The molecule has 1 N–H and O–H groups in total. The summed E-state index contributed by atoms with van der Waals surface area (Å²) < 4.78 is 10.1. The second kappa shape index (κ2) is 7.83. The van der Waals surface area contributed by atoms with Crippen molar-refractivity contribution in [2.24, 2.45) is 5.92 Å². The lowest BCUT2D eigenvalue weighted by Crippen LogP contribution is -2.43. The summed E-state index contributed by atoms with van der Waals surface area (Å²) in [4.78, 5) is 25.8. The van der Waals surface area contributed by atoms with E-state index in [-0.39, 0.29) is 17.7 Å². The van der Waals surface area contributed by atoms with Crippen LogP contribution in [0.5, 0.6) is 0 Å². The van der Waals surface area contributed by atoms with Gasteiger partial charge in [-0.2, -0.15) is 0 Å². The van der Waals surface area contributed by atoms with Gasteiger partial charge in [0.05, 0.1) is 6.26 Å². The van der Waals surface area contributed by atoms with Gasteiger partial charge < -0.3 is 19.4 Å². The lowest BCUT2D eigenvalue weighted by atomic mass is 9.95. The maximum absolute atomic E-state index is 12.1. The third kappa shape index (κ3) is 4.32. The normalized spacial score (nSPS) is 16.0. The van der Waals surface area contributed by atoms with Gasteiger partial charge in [-0.25, -0.2) is 0 Å². The summed E-state index contributed by atoms with van der Waals surface area (Å²) in [5.41, 5.74) is 0. The van der Waals surface area contributed by atoms with Gasteiger partial charge in [-0.15, -0.1) is 0 Å². The summed E-state index contributed by atoms with van der Waals surface area (Å²) in [6.07, 6.45) is 3.70. The number of nitrogens with one attached hydrogen (secondary N) is 1. The van der Waals surface area contributed by atoms with Gasteiger partial charge >= 0.3 is 0 Å². The molecule has 1 aliphatic heterocycles. The number of furan rings is 1. The van der Waals surface area contributed by atoms with Crippen molar-refractivity contribution in [2.45, 2.75) is 19.3 Å². The average molecular weight is 294 g/mol. The molecule has 0 radical (unpaired) electrons. The number of likely N-dealkylation sites (tertiary alicyclic amines) is 1. The number of carbonyl (C=O) groups excluding carboxylic acids is 2. The fourth-order valence-corrected chi connectivity index (χ4v) is 2.47.